The standard InChI is InChI=1S/C21H23N3O4S/c1-15-22-19-14-17(7-10-20(19)28-15)23-21(25)11-6-16-4-8-18(9-5-16)29(26,27)24-12-2-3-13-24/h4-5,7-10,14H,2-3,6,11-13H2,1H3,(H,23,25). The van der Waals surface area contributed by atoms with E-state index in [1.54, 1.807) is 49.4 Å². The van der Waals surface area contributed by atoms with Crippen molar-refractivity contribution >= 4 is 32.7 Å². The van der Waals surface area contributed by atoms with E-state index in [1.165, 1.54) is 4.31 Å². The number of fused-ring (bicyclic) bond motifs is 1. The van der Waals surface area contributed by atoms with Gasteiger partial charge >= 0.3 is 0 Å². The van der Waals surface area contributed by atoms with E-state index in [-0.39, 0.29) is 5.91 Å². The molecule has 7 nitrogen and oxygen atoms in total. The molecule has 2 heterocycles. The second-order valence-corrected chi connectivity index (χ2v) is 9.16. The molecule has 29 heavy (non-hydrogen) atoms. The highest BCUT2D eigenvalue weighted by atomic mass is 32.2. The summed E-state index contributed by atoms with van der Waals surface area (Å²) in [6.45, 7) is 2.95. The van der Waals surface area contributed by atoms with Crippen LogP contribution in [0.4, 0.5) is 5.69 Å². The first-order valence-corrected chi connectivity index (χ1v) is 11.1. The maximum atomic E-state index is 12.6. The van der Waals surface area contributed by atoms with Gasteiger partial charge in [-0.3, -0.25) is 4.79 Å². The Morgan fingerprint density at radius 1 is 1.14 bits per heavy atom. The van der Waals surface area contributed by atoms with E-state index in [0.717, 1.165) is 18.4 Å². The van der Waals surface area contributed by atoms with Gasteiger partial charge in [0.2, 0.25) is 15.9 Å². The predicted octanol–water partition coefficient (Wildman–Crippen LogP) is 3.49. The maximum absolute atomic E-state index is 12.6. The third-order valence-electron chi connectivity index (χ3n) is 5.05. The quantitative estimate of drug-likeness (QED) is 0.668. The number of nitrogens with zero attached hydrogens (tertiary/aromatic N) is 2. The molecule has 1 fully saturated rings. The molecule has 0 aliphatic carbocycles. The van der Waals surface area contributed by atoms with Crippen LogP contribution in [-0.4, -0.2) is 36.7 Å². The molecule has 0 radical (unpaired) electrons. The summed E-state index contributed by atoms with van der Waals surface area (Å²) in [5.41, 5.74) is 2.98. The van der Waals surface area contributed by atoms with Gasteiger partial charge in [0.05, 0.1) is 4.90 Å². The van der Waals surface area contributed by atoms with Crippen LogP contribution in [0.2, 0.25) is 0 Å². The number of oxazole rings is 1. The molecule has 1 aromatic heterocycles. The lowest BCUT2D eigenvalue weighted by Crippen LogP contribution is -2.27. The fourth-order valence-corrected chi connectivity index (χ4v) is 5.02. The van der Waals surface area contributed by atoms with Crippen molar-refractivity contribution in [2.24, 2.45) is 0 Å². The SMILES string of the molecule is Cc1nc2cc(NC(=O)CCc3ccc(S(=O)(=O)N4CCCC4)cc3)ccc2o1. The first-order valence-electron chi connectivity index (χ1n) is 9.68. The zero-order chi connectivity index (χ0) is 20.4. The van der Waals surface area contributed by atoms with Crippen molar-refractivity contribution < 1.29 is 17.6 Å². The highest BCUT2D eigenvalue weighted by Gasteiger charge is 2.26. The van der Waals surface area contributed by atoms with Gasteiger partial charge < -0.3 is 9.73 Å². The fourth-order valence-electron chi connectivity index (χ4n) is 3.51. The highest BCUT2D eigenvalue weighted by molar-refractivity contribution is 7.89. The fraction of sp³-hybridized carbons (Fsp3) is 0.333. The Labute approximate surface area is 169 Å². The molecule has 8 heteroatoms. The summed E-state index contributed by atoms with van der Waals surface area (Å²) < 4.78 is 32.1. The van der Waals surface area contributed by atoms with E-state index in [0.29, 0.717) is 53.5 Å². The number of carbonyl (C=O) groups excluding carboxylic acids is 1. The molecule has 1 N–H and O–H groups in total. The zero-order valence-electron chi connectivity index (χ0n) is 16.2. The van der Waals surface area contributed by atoms with E-state index in [4.69, 9.17) is 4.42 Å². The number of anilines is 1. The normalized spacial score (nSPS) is 15.1. The summed E-state index contributed by atoms with van der Waals surface area (Å²) in [6.07, 6.45) is 2.65. The number of carbonyl (C=O) groups is 1. The molecular formula is C21H23N3O4S. The number of amides is 1. The lowest BCUT2D eigenvalue weighted by molar-refractivity contribution is -0.116. The Kier molecular flexibility index (Phi) is 5.38. The smallest absolute Gasteiger partial charge is 0.243 e. The lowest BCUT2D eigenvalue weighted by atomic mass is 10.1. The molecule has 0 unspecified atom stereocenters. The molecular weight excluding hydrogens is 390 g/mol. The summed E-state index contributed by atoms with van der Waals surface area (Å²) in [4.78, 5) is 16.8. The number of nitrogens with one attached hydrogen (secondary N) is 1. The van der Waals surface area contributed by atoms with Crippen molar-refractivity contribution in [3.8, 4) is 0 Å². The van der Waals surface area contributed by atoms with Crippen LogP contribution in [0.15, 0.2) is 51.8 Å². The summed E-state index contributed by atoms with van der Waals surface area (Å²) in [5, 5.41) is 2.86. The van der Waals surface area contributed by atoms with Gasteiger partial charge in [-0.1, -0.05) is 12.1 Å². The van der Waals surface area contributed by atoms with Gasteiger partial charge in [0, 0.05) is 32.1 Å². The van der Waals surface area contributed by atoms with E-state index in [9.17, 15) is 13.2 Å². The highest BCUT2D eigenvalue weighted by Crippen LogP contribution is 2.22. The first-order chi connectivity index (χ1) is 13.9. The molecule has 1 amide bonds. The lowest BCUT2D eigenvalue weighted by Gasteiger charge is -2.15. The summed E-state index contributed by atoms with van der Waals surface area (Å²) >= 11 is 0. The van der Waals surface area contributed by atoms with Crippen molar-refractivity contribution in [3.05, 3.63) is 53.9 Å². The van der Waals surface area contributed by atoms with Crippen LogP contribution in [0.5, 0.6) is 0 Å². The average Bonchev–Trinajstić information content (AvgIpc) is 3.36. The summed E-state index contributed by atoms with van der Waals surface area (Å²) in [5.74, 6) is 0.469. The van der Waals surface area contributed by atoms with E-state index in [2.05, 4.69) is 10.3 Å². The van der Waals surface area contributed by atoms with Crippen molar-refractivity contribution in [2.75, 3.05) is 18.4 Å². The van der Waals surface area contributed by atoms with E-state index in [1.807, 2.05) is 0 Å². The summed E-state index contributed by atoms with van der Waals surface area (Å²) in [7, 11) is -3.40. The average molecular weight is 413 g/mol. The van der Waals surface area contributed by atoms with Crippen molar-refractivity contribution in [1.29, 1.82) is 0 Å². The molecule has 1 aliphatic rings. The number of rotatable bonds is 6. The molecule has 0 bridgehead atoms. The second kappa shape index (κ2) is 7.96. The number of sulfonamides is 1. The minimum Gasteiger partial charge on any atom is -0.441 e. The largest absolute Gasteiger partial charge is 0.441 e. The zero-order valence-corrected chi connectivity index (χ0v) is 17.0. The molecule has 0 saturated carbocycles. The van der Waals surface area contributed by atoms with Gasteiger partial charge in [-0.05, 0) is 55.2 Å². The molecule has 3 aromatic rings. The molecule has 1 aliphatic heterocycles. The number of aromatic nitrogens is 1. The van der Waals surface area contributed by atoms with Gasteiger partial charge in [0.15, 0.2) is 11.5 Å². The van der Waals surface area contributed by atoms with Crippen molar-refractivity contribution in [1.82, 2.24) is 9.29 Å². The monoisotopic (exact) mass is 413 g/mol. The minimum atomic E-state index is -3.40. The molecule has 4 rings (SSSR count). The van der Waals surface area contributed by atoms with Crippen molar-refractivity contribution in [2.45, 2.75) is 37.5 Å². The Balaban J connectivity index is 1.35. The number of hydrogen-bond donors (Lipinski definition) is 1. The molecule has 2 aromatic carbocycles. The Hall–Kier alpha value is -2.71. The van der Waals surface area contributed by atoms with Gasteiger partial charge in [-0.25, -0.2) is 13.4 Å². The topological polar surface area (TPSA) is 92.5 Å². The predicted molar refractivity (Wildman–Crippen MR) is 110 cm³/mol. The van der Waals surface area contributed by atoms with Gasteiger partial charge in [0.25, 0.3) is 0 Å². The number of benzene rings is 2. The molecule has 1 saturated heterocycles. The van der Waals surface area contributed by atoms with Crippen LogP contribution in [0.1, 0.15) is 30.7 Å². The molecule has 0 spiro atoms. The third kappa shape index (κ3) is 4.33. The minimum absolute atomic E-state index is 0.113. The van der Waals surface area contributed by atoms with Crippen LogP contribution in [0, 0.1) is 6.92 Å². The first kappa shape index (κ1) is 19.6. The van der Waals surface area contributed by atoms with Gasteiger partial charge in [0.1, 0.15) is 5.52 Å². The molecule has 152 valence electrons. The van der Waals surface area contributed by atoms with Crippen LogP contribution >= 0.6 is 0 Å². The van der Waals surface area contributed by atoms with Crippen LogP contribution in [0.25, 0.3) is 11.1 Å². The van der Waals surface area contributed by atoms with Crippen LogP contribution in [0.3, 0.4) is 0 Å². The van der Waals surface area contributed by atoms with Crippen LogP contribution < -0.4 is 5.32 Å². The Morgan fingerprint density at radius 2 is 1.86 bits per heavy atom. The van der Waals surface area contributed by atoms with Crippen LogP contribution in [-0.2, 0) is 21.2 Å². The number of aryl methyl sites for hydroxylation is 2. The molecule has 0 atom stereocenters. The maximum Gasteiger partial charge on any atom is 0.243 e. The third-order valence-corrected chi connectivity index (χ3v) is 6.96. The van der Waals surface area contributed by atoms with Gasteiger partial charge in [-0.15, -0.1) is 0 Å². The number of hydrogen-bond acceptors (Lipinski definition) is 5. The Bertz CT molecular complexity index is 1130. The summed E-state index contributed by atoms with van der Waals surface area (Å²) in [6, 6.07) is 12.2. The Morgan fingerprint density at radius 3 is 2.59 bits per heavy atom. The van der Waals surface area contributed by atoms with Crippen molar-refractivity contribution in [3.63, 3.8) is 0 Å². The van der Waals surface area contributed by atoms with E-state index >= 15 is 0 Å². The second-order valence-electron chi connectivity index (χ2n) is 7.22. The van der Waals surface area contributed by atoms with Gasteiger partial charge in [-0.2, -0.15) is 4.31 Å². The van der Waals surface area contributed by atoms with E-state index < -0.39 is 10.0 Å².